The SMILES string of the molecule is CCOC(=O)c1ccc2c(c1)CCCC2Cc1ncc[nH]1. The Morgan fingerprint density at radius 2 is 2.38 bits per heavy atom. The summed E-state index contributed by atoms with van der Waals surface area (Å²) in [5, 5.41) is 0. The van der Waals surface area contributed by atoms with Gasteiger partial charge in [-0.3, -0.25) is 0 Å². The van der Waals surface area contributed by atoms with E-state index in [0.29, 0.717) is 18.1 Å². The third-order valence-electron chi connectivity index (χ3n) is 4.09. The molecule has 1 heterocycles. The third kappa shape index (κ3) is 2.99. The minimum absolute atomic E-state index is 0.228. The smallest absolute Gasteiger partial charge is 0.338 e. The molecule has 4 nitrogen and oxygen atoms in total. The molecule has 1 N–H and O–H groups in total. The van der Waals surface area contributed by atoms with Gasteiger partial charge in [0, 0.05) is 18.8 Å². The highest BCUT2D eigenvalue weighted by molar-refractivity contribution is 5.89. The number of carbonyl (C=O) groups is 1. The summed E-state index contributed by atoms with van der Waals surface area (Å²) in [5.74, 6) is 1.28. The molecule has 1 aromatic carbocycles. The molecule has 21 heavy (non-hydrogen) atoms. The number of ether oxygens (including phenoxy) is 1. The topological polar surface area (TPSA) is 55.0 Å². The van der Waals surface area contributed by atoms with E-state index in [1.165, 1.54) is 17.5 Å². The number of fused-ring (bicyclic) bond motifs is 1. The molecule has 1 aromatic heterocycles. The van der Waals surface area contributed by atoms with E-state index in [4.69, 9.17) is 4.74 Å². The summed E-state index contributed by atoms with van der Waals surface area (Å²) in [6.07, 6.45) is 7.96. The van der Waals surface area contributed by atoms with E-state index >= 15 is 0 Å². The van der Waals surface area contributed by atoms with Crippen LogP contribution < -0.4 is 0 Å². The lowest BCUT2D eigenvalue weighted by atomic mass is 9.80. The summed E-state index contributed by atoms with van der Waals surface area (Å²) in [6.45, 7) is 2.24. The monoisotopic (exact) mass is 284 g/mol. The molecule has 110 valence electrons. The maximum Gasteiger partial charge on any atom is 0.338 e. The Morgan fingerprint density at radius 1 is 1.48 bits per heavy atom. The minimum atomic E-state index is -0.228. The Bertz CT molecular complexity index is 620. The zero-order valence-corrected chi connectivity index (χ0v) is 12.3. The first-order chi connectivity index (χ1) is 10.3. The van der Waals surface area contributed by atoms with E-state index in [1.54, 1.807) is 6.20 Å². The molecule has 1 atom stereocenters. The predicted molar refractivity (Wildman–Crippen MR) is 80.4 cm³/mol. The van der Waals surface area contributed by atoms with E-state index in [2.05, 4.69) is 16.0 Å². The quantitative estimate of drug-likeness (QED) is 0.877. The van der Waals surface area contributed by atoms with Gasteiger partial charge in [-0.1, -0.05) is 6.07 Å². The van der Waals surface area contributed by atoms with Gasteiger partial charge in [-0.05, 0) is 55.4 Å². The van der Waals surface area contributed by atoms with Gasteiger partial charge in [0.1, 0.15) is 5.82 Å². The van der Waals surface area contributed by atoms with Crippen LogP contribution in [-0.4, -0.2) is 22.5 Å². The van der Waals surface area contributed by atoms with Gasteiger partial charge in [-0.25, -0.2) is 9.78 Å². The largest absolute Gasteiger partial charge is 0.462 e. The highest BCUT2D eigenvalue weighted by atomic mass is 16.5. The lowest BCUT2D eigenvalue weighted by molar-refractivity contribution is 0.0526. The lowest BCUT2D eigenvalue weighted by Gasteiger charge is -2.25. The number of hydrogen-bond acceptors (Lipinski definition) is 3. The molecule has 0 radical (unpaired) electrons. The van der Waals surface area contributed by atoms with Crippen LogP contribution in [0.4, 0.5) is 0 Å². The Labute approximate surface area is 124 Å². The van der Waals surface area contributed by atoms with Gasteiger partial charge in [0.05, 0.1) is 12.2 Å². The molecular weight excluding hydrogens is 264 g/mol. The van der Waals surface area contributed by atoms with Crippen LogP contribution in [0.25, 0.3) is 0 Å². The molecule has 0 amide bonds. The van der Waals surface area contributed by atoms with Gasteiger partial charge >= 0.3 is 5.97 Å². The highest BCUT2D eigenvalue weighted by Gasteiger charge is 2.22. The molecule has 2 aromatic rings. The van der Waals surface area contributed by atoms with E-state index in [1.807, 2.05) is 25.3 Å². The van der Waals surface area contributed by atoms with Crippen LogP contribution in [0, 0.1) is 0 Å². The fourth-order valence-corrected chi connectivity index (χ4v) is 3.11. The molecule has 0 fully saturated rings. The van der Waals surface area contributed by atoms with Crippen molar-refractivity contribution in [3.63, 3.8) is 0 Å². The fraction of sp³-hybridized carbons (Fsp3) is 0.412. The number of esters is 1. The van der Waals surface area contributed by atoms with Crippen LogP contribution in [-0.2, 0) is 17.6 Å². The van der Waals surface area contributed by atoms with Crippen LogP contribution in [0.1, 0.15) is 53.0 Å². The fourth-order valence-electron chi connectivity index (χ4n) is 3.11. The van der Waals surface area contributed by atoms with Crippen molar-refractivity contribution in [1.82, 2.24) is 9.97 Å². The standard InChI is InChI=1S/C17H20N2O2/c1-2-21-17(20)14-6-7-15-12(10-14)4-3-5-13(15)11-16-18-8-9-19-16/h6-10,13H,2-5,11H2,1H3,(H,18,19). The number of aromatic amines is 1. The average Bonchev–Trinajstić information content (AvgIpc) is 3.00. The van der Waals surface area contributed by atoms with Crippen LogP contribution in [0.2, 0.25) is 0 Å². The number of nitrogens with one attached hydrogen (secondary N) is 1. The number of nitrogens with zero attached hydrogens (tertiary/aromatic N) is 1. The summed E-state index contributed by atoms with van der Waals surface area (Å²) in [7, 11) is 0. The van der Waals surface area contributed by atoms with Crippen molar-refractivity contribution < 1.29 is 9.53 Å². The van der Waals surface area contributed by atoms with Gasteiger partial charge < -0.3 is 9.72 Å². The number of imidazole rings is 1. The Kier molecular flexibility index (Phi) is 4.04. The van der Waals surface area contributed by atoms with E-state index in [9.17, 15) is 4.79 Å². The molecule has 1 unspecified atom stereocenters. The summed E-state index contributed by atoms with van der Waals surface area (Å²) < 4.78 is 5.08. The number of aryl methyl sites for hydroxylation is 1. The summed E-state index contributed by atoms with van der Waals surface area (Å²) in [5.41, 5.74) is 3.29. The predicted octanol–water partition coefficient (Wildman–Crippen LogP) is 3.25. The minimum Gasteiger partial charge on any atom is -0.462 e. The molecular formula is C17H20N2O2. The normalized spacial score (nSPS) is 17.3. The Balaban J connectivity index is 1.83. The number of benzene rings is 1. The maximum absolute atomic E-state index is 11.8. The second-order valence-corrected chi connectivity index (χ2v) is 5.46. The third-order valence-corrected chi connectivity index (χ3v) is 4.09. The van der Waals surface area contributed by atoms with Gasteiger partial charge in [0.15, 0.2) is 0 Å². The molecule has 3 rings (SSSR count). The van der Waals surface area contributed by atoms with Crippen LogP contribution in [0.5, 0.6) is 0 Å². The van der Waals surface area contributed by atoms with Crippen molar-refractivity contribution in [1.29, 1.82) is 0 Å². The number of H-pyrrole nitrogens is 1. The first kappa shape index (κ1) is 13.9. The molecule has 1 aliphatic rings. The zero-order valence-electron chi connectivity index (χ0n) is 12.3. The summed E-state index contributed by atoms with van der Waals surface area (Å²) in [4.78, 5) is 19.3. The Hall–Kier alpha value is -2.10. The van der Waals surface area contributed by atoms with Crippen LogP contribution >= 0.6 is 0 Å². The van der Waals surface area contributed by atoms with Gasteiger partial charge in [0.2, 0.25) is 0 Å². The summed E-state index contributed by atoms with van der Waals surface area (Å²) >= 11 is 0. The van der Waals surface area contributed by atoms with Crippen molar-refractivity contribution >= 4 is 5.97 Å². The molecule has 4 heteroatoms. The molecule has 0 saturated heterocycles. The summed E-state index contributed by atoms with van der Waals surface area (Å²) in [6, 6.07) is 5.98. The zero-order chi connectivity index (χ0) is 14.7. The van der Waals surface area contributed by atoms with Crippen molar-refractivity contribution in [2.75, 3.05) is 6.61 Å². The van der Waals surface area contributed by atoms with E-state index in [0.717, 1.165) is 25.1 Å². The second-order valence-electron chi connectivity index (χ2n) is 5.46. The van der Waals surface area contributed by atoms with Crippen molar-refractivity contribution in [3.8, 4) is 0 Å². The Morgan fingerprint density at radius 3 is 3.14 bits per heavy atom. The van der Waals surface area contributed by atoms with Crippen LogP contribution in [0.3, 0.4) is 0 Å². The van der Waals surface area contributed by atoms with Crippen molar-refractivity contribution in [2.45, 2.75) is 38.5 Å². The van der Waals surface area contributed by atoms with Crippen molar-refractivity contribution in [2.24, 2.45) is 0 Å². The first-order valence-corrected chi connectivity index (χ1v) is 7.56. The molecule has 0 saturated carbocycles. The molecule has 1 aliphatic carbocycles. The molecule has 0 aliphatic heterocycles. The molecule has 0 bridgehead atoms. The average molecular weight is 284 g/mol. The number of rotatable bonds is 4. The van der Waals surface area contributed by atoms with E-state index < -0.39 is 0 Å². The van der Waals surface area contributed by atoms with Gasteiger partial charge in [-0.15, -0.1) is 0 Å². The lowest BCUT2D eigenvalue weighted by Crippen LogP contribution is -2.14. The molecule has 0 spiro atoms. The second kappa shape index (κ2) is 6.12. The van der Waals surface area contributed by atoms with Gasteiger partial charge in [-0.2, -0.15) is 0 Å². The van der Waals surface area contributed by atoms with E-state index in [-0.39, 0.29) is 5.97 Å². The van der Waals surface area contributed by atoms with Crippen molar-refractivity contribution in [3.05, 3.63) is 53.1 Å². The first-order valence-electron chi connectivity index (χ1n) is 7.56. The van der Waals surface area contributed by atoms with Gasteiger partial charge in [0.25, 0.3) is 0 Å². The number of hydrogen-bond donors (Lipinski definition) is 1. The number of carbonyl (C=O) groups excluding carboxylic acids is 1. The maximum atomic E-state index is 11.8. The van der Waals surface area contributed by atoms with Crippen LogP contribution in [0.15, 0.2) is 30.6 Å². The number of aromatic nitrogens is 2. The highest BCUT2D eigenvalue weighted by Crippen LogP contribution is 2.34.